The van der Waals surface area contributed by atoms with Crippen molar-refractivity contribution in [1.82, 2.24) is 4.98 Å². The number of nitrogen functional groups attached to an aromatic ring is 1. The van der Waals surface area contributed by atoms with Crippen molar-refractivity contribution in [1.29, 1.82) is 10.5 Å². The van der Waals surface area contributed by atoms with Gasteiger partial charge in [0.25, 0.3) is 0 Å². The summed E-state index contributed by atoms with van der Waals surface area (Å²) in [7, 11) is 0. The Morgan fingerprint density at radius 2 is 1.97 bits per heavy atom. The summed E-state index contributed by atoms with van der Waals surface area (Å²) >= 11 is 1.15. The molecule has 2 aromatic heterocycles. The molecule has 156 valence electrons. The van der Waals surface area contributed by atoms with Crippen molar-refractivity contribution in [3.8, 4) is 23.5 Å². The van der Waals surface area contributed by atoms with Gasteiger partial charge in [0.2, 0.25) is 5.91 Å². The standard InChI is InChI=1S/C23H21N5O2S/c1-4-19(22(29)27-17-8-5-7-13(2)14(17)3)31-23-16(12-25)20(18-9-6-10-30-18)15(11-24)21(26)28-23/h5-10,19H,4H2,1-3H3,(H2,26,28)(H,27,29). The van der Waals surface area contributed by atoms with Gasteiger partial charge in [-0.2, -0.15) is 10.5 Å². The molecule has 3 N–H and O–H groups in total. The first-order chi connectivity index (χ1) is 14.9. The lowest BCUT2D eigenvalue weighted by molar-refractivity contribution is -0.115. The van der Waals surface area contributed by atoms with Crippen LogP contribution in [0.15, 0.2) is 46.0 Å². The largest absolute Gasteiger partial charge is 0.464 e. The van der Waals surface area contributed by atoms with E-state index in [-0.39, 0.29) is 33.4 Å². The number of carbonyl (C=O) groups excluding carboxylic acids is 1. The zero-order valence-corrected chi connectivity index (χ0v) is 18.2. The number of aromatic nitrogens is 1. The number of benzene rings is 1. The number of pyridine rings is 1. The molecule has 0 bridgehead atoms. The Morgan fingerprint density at radius 3 is 2.58 bits per heavy atom. The Kier molecular flexibility index (Phi) is 6.64. The number of anilines is 2. The summed E-state index contributed by atoms with van der Waals surface area (Å²) in [6.45, 7) is 5.81. The zero-order chi connectivity index (χ0) is 22.5. The van der Waals surface area contributed by atoms with E-state index in [1.807, 2.05) is 45.0 Å². The van der Waals surface area contributed by atoms with Gasteiger partial charge in [-0.25, -0.2) is 4.98 Å². The van der Waals surface area contributed by atoms with Gasteiger partial charge in [-0.3, -0.25) is 4.79 Å². The van der Waals surface area contributed by atoms with E-state index in [1.54, 1.807) is 12.1 Å². The van der Waals surface area contributed by atoms with E-state index < -0.39 is 5.25 Å². The third kappa shape index (κ3) is 4.40. The van der Waals surface area contributed by atoms with Crippen LogP contribution in [0.25, 0.3) is 11.3 Å². The number of aryl methyl sites for hydroxylation is 1. The van der Waals surface area contributed by atoms with Crippen LogP contribution in [0.5, 0.6) is 0 Å². The minimum absolute atomic E-state index is 0.0137. The highest BCUT2D eigenvalue weighted by atomic mass is 32.2. The van der Waals surface area contributed by atoms with E-state index in [9.17, 15) is 15.3 Å². The number of carbonyl (C=O) groups is 1. The Balaban J connectivity index is 1.99. The van der Waals surface area contributed by atoms with Gasteiger partial charge in [-0.15, -0.1) is 0 Å². The number of nitriles is 2. The predicted molar refractivity (Wildman–Crippen MR) is 120 cm³/mol. The molecule has 0 saturated heterocycles. The molecule has 2 heterocycles. The molecule has 0 radical (unpaired) electrons. The lowest BCUT2D eigenvalue weighted by Crippen LogP contribution is -2.25. The smallest absolute Gasteiger partial charge is 0.237 e. The minimum atomic E-state index is -0.517. The van der Waals surface area contributed by atoms with Gasteiger partial charge in [-0.1, -0.05) is 30.8 Å². The van der Waals surface area contributed by atoms with Crippen molar-refractivity contribution < 1.29 is 9.21 Å². The first-order valence-electron chi connectivity index (χ1n) is 9.62. The number of nitrogens with zero attached hydrogens (tertiary/aromatic N) is 3. The molecule has 0 fully saturated rings. The number of rotatable bonds is 6. The summed E-state index contributed by atoms with van der Waals surface area (Å²) in [4.78, 5) is 17.3. The van der Waals surface area contributed by atoms with Gasteiger partial charge >= 0.3 is 0 Å². The highest BCUT2D eigenvalue weighted by Crippen LogP contribution is 2.38. The van der Waals surface area contributed by atoms with Crippen LogP contribution in [0.1, 0.15) is 35.6 Å². The fourth-order valence-corrected chi connectivity index (χ4v) is 4.13. The molecule has 3 rings (SSSR count). The molecule has 0 aliphatic carbocycles. The van der Waals surface area contributed by atoms with E-state index in [2.05, 4.69) is 16.4 Å². The van der Waals surface area contributed by atoms with Crippen molar-refractivity contribution in [3.63, 3.8) is 0 Å². The van der Waals surface area contributed by atoms with Gasteiger partial charge in [0.1, 0.15) is 34.3 Å². The van der Waals surface area contributed by atoms with Crippen molar-refractivity contribution in [3.05, 3.63) is 58.8 Å². The molecule has 0 aliphatic heterocycles. The Morgan fingerprint density at radius 1 is 1.23 bits per heavy atom. The highest BCUT2D eigenvalue weighted by Gasteiger charge is 2.26. The summed E-state index contributed by atoms with van der Waals surface area (Å²) in [6.07, 6.45) is 1.96. The van der Waals surface area contributed by atoms with E-state index in [0.29, 0.717) is 12.2 Å². The molecule has 3 aromatic rings. The van der Waals surface area contributed by atoms with Gasteiger partial charge in [0, 0.05) is 5.69 Å². The lowest BCUT2D eigenvalue weighted by atomic mass is 10.0. The molecule has 0 saturated carbocycles. The van der Waals surface area contributed by atoms with Crippen LogP contribution in [0, 0.1) is 36.5 Å². The number of amides is 1. The first kappa shape index (κ1) is 21.9. The lowest BCUT2D eigenvalue weighted by Gasteiger charge is -2.18. The monoisotopic (exact) mass is 431 g/mol. The second-order valence-electron chi connectivity index (χ2n) is 6.88. The van der Waals surface area contributed by atoms with Crippen molar-refractivity contribution in [2.45, 2.75) is 37.5 Å². The summed E-state index contributed by atoms with van der Waals surface area (Å²) in [5.74, 6) is 0.131. The summed E-state index contributed by atoms with van der Waals surface area (Å²) in [5, 5.41) is 22.1. The maximum atomic E-state index is 13.0. The van der Waals surface area contributed by atoms with Crippen LogP contribution in [-0.4, -0.2) is 16.1 Å². The molecule has 8 heteroatoms. The third-order valence-electron chi connectivity index (χ3n) is 4.96. The summed E-state index contributed by atoms with van der Waals surface area (Å²) in [5.41, 5.74) is 9.35. The molecule has 1 amide bonds. The number of nitrogens with one attached hydrogen (secondary N) is 1. The number of hydrogen-bond acceptors (Lipinski definition) is 7. The second-order valence-corrected chi connectivity index (χ2v) is 8.07. The molecule has 1 atom stereocenters. The molecular formula is C23H21N5O2S. The van der Waals surface area contributed by atoms with Gasteiger partial charge < -0.3 is 15.5 Å². The van der Waals surface area contributed by atoms with Gasteiger partial charge in [0.05, 0.1) is 22.6 Å². The molecular weight excluding hydrogens is 410 g/mol. The van der Waals surface area contributed by atoms with Crippen LogP contribution >= 0.6 is 11.8 Å². The maximum absolute atomic E-state index is 13.0. The predicted octanol–water partition coefficient (Wildman–Crippen LogP) is 4.79. The Labute approximate surface area is 184 Å². The SMILES string of the molecule is CCC(Sc1nc(N)c(C#N)c(-c2ccco2)c1C#N)C(=O)Nc1cccc(C)c1C. The van der Waals surface area contributed by atoms with Crippen LogP contribution in [0.2, 0.25) is 0 Å². The average molecular weight is 432 g/mol. The van der Waals surface area contributed by atoms with Crippen molar-refractivity contribution in [2.75, 3.05) is 11.1 Å². The first-order valence-corrected chi connectivity index (χ1v) is 10.5. The van der Waals surface area contributed by atoms with Crippen LogP contribution in [0.3, 0.4) is 0 Å². The number of hydrogen-bond donors (Lipinski definition) is 2. The van der Waals surface area contributed by atoms with E-state index in [0.717, 1.165) is 28.6 Å². The fraction of sp³-hybridized carbons (Fsp3) is 0.217. The van der Waals surface area contributed by atoms with E-state index in [4.69, 9.17) is 10.2 Å². The fourth-order valence-electron chi connectivity index (χ4n) is 3.11. The van der Waals surface area contributed by atoms with Crippen LogP contribution in [0.4, 0.5) is 11.5 Å². The topological polar surface area (TPSA) is 129 Å². The molecule has 0 spiro atoms. The highest BCUT2D eigenvalue weighted by molar-refractivity contribution is 8.00. The number of nitrogens with two attached hydrogens (primary N) is 1. The normalized spacial score (nSPS) is 11.4. The number of thioether (sulfide) groups is 1. The average Bonchev–Trinajstić information content (AvgIpc) is 3.29. The second kappa shape index (κ2) is 9.38. The maximum Gasteiger partial charge on any atom is 0.237 e. The van der Waals surface area contributed by atoms with Crippen LogP contribution < -0.4 is 11.1 Å². The van der Waals surface area contributed by atoms with Gasteiger partial charge in [-0.05, 0) is 49.6 Å². The summed E-state index contributed by atoms with van der Waals surface area (Å²) in [6, 6.07) is 13.1. The summed E-state index contributed by atoms with van der Waals surface area (Å²) < 4.78 is 5.42. The van der Waals surface area contributed by atoms with E-state index in [1.165, 1.54) is 6.26 Å². The van der Waals surface area contributed by atoms with E-state index >= 15 is 0 Å². The third-order valence-corrected chi connectivity index (χ3v) is 6.31. The Hall–Kier alpha value is -3.75. The molecule has 7 nitrogen and oxygen atoms in total. The zero-order valence-electron chi connectivity index (χ0n) is 17.4. The molecule has 0 aliphatic rings. The van der Waals surface area contributed by atoms with Crippen molar-refractivity contribution >= 4 is 29.2 Å². The molecule has 1 aromatic carbocycles. The molecule has 31 heavy (non-hydrogen) atoms. The quantitative estimate of drug-likeness (QED) is 0.537. The van der Waals surface area contributed by atoms with Crippen molar-refractivity contribution in [2.24, 2.45) is 0 Å². The minimum Gasteiger partial charge on any atom is -0.464 e. The van der Waals surface area contributed by atoms with Crippen LogP contribution in [-0.2, 0) is 4.79 Å². The van der Waals surface area contributed by atoms with Gasteiger partial charge in [0.15, 0.2) is 0 Å². The Bertz CT molecular complexity index is 1210. The number of furan rings is 1. The molecule has 1 unspecified atom stereocenters.